The summed E-state index contributed by atoms with van der Waals surface area (Å²) in [4.78, 5) is 47.5. The average Bonchev–Trinajstić information content (AvgIpc) is 2.99. The van der Waals surface area contributed by atoms with Crippen molar-refractivity contribution in [3.63, 3.8) is 0 Å². The lowest BCUT2D eigenvalue weighted by molar-refractivity contribution is -0.144. The summed E-state index contributed by atoms with van der Waals surface area (Å²) in [5, 5.41) is 0. The fraction of sp³-hybridized carbons (Fsp3) is 0.652. The smallest absolute Gasteiger partial charge is 0.307 e. The number of carbonyl (C=O) groups excluding carboxylic acids is 3. The number of ether oxygens (including phenoxy) is 2. The van der Waals surface area contributed by atoms with Crippen molar-refractivity contribution < 1.29 is 23.9 Å². The molecule has 2 saturated heterocycles. The van der Waals surface area contributed by atoms with Crippen LogP contribution in [0.3, 0.4) is 0 Å². The third kappa shape index (κ3) is 6.49. The Hall–Kier alpha value is -2.52. The SMILES string of the molecule is CCN1CCCC[C@@H]1C(=O)N1CC(=O)N(CCC(=O)OC)C[C@@H](OCc2ccncc2)C1. The molecule has 32 heavy (non-hydrogen) atoms. The van der Waals surface area contributed by atoms with Crippen LogP contribution in [0.25, 0.3) is 0 Å². The van der Waals surface area contributed by atoms with Crippen molar-refractivity contribution in [1.29, 1.82) is 0 Å². The van der Waals surface area contributed by atoms with Gasteiger partial charge in [-0.05, 0) is 43.6 Å². The zero-order chi connectivity index (χ0) is 22.9. The summed E-state index contributed by atoms with van der Waals surface area (Å²) in [6.45, 7) is 5.06. The minimum absolute atomic E-state index is 0.00315. The Bertz CT molecular complexity index is 775. The van der Waals surface area contributed by atoms with Crippen molar-refractivity contribution in [3.8, 4) is 0 Å². The maximum absolute atomic E-state index is 13.4. The van der Waals surface area contributed by atoms with E-state index >= 15 is 0 Å². The Labute approximate surface area is 189 Å². The fourth-order valence-corrected chi connectivity index (χ4v) is 4.35. The Kier molecular flexibility index (Phi) is 8.99. The summed E-state index contributed by atoms with van der Waals surface area (Å²) in [7, 11) is 1.33. The largest absolute Gasteiger partial charge is 0.469 e. The number of amides is 2. The minimum Gasteiger partial charge on any atom is -0.469 e. The fourth-order valence-electron chi connectivity index (χ4n) is 4.35. The number of piperidine rings is 1. The summed E-state index contributed by atoms with van der Waals surface area (Å²) in [5.74, 6) is -0.548. The highest BCUT2D eigenvalue weighted by Gasteiger charge is 2.36. The monoisotopic (exact) mass is 446 g/mol. The van der Waals surface area contributed by atoms with Crippen molar-refractivity contribution in [1.82, 2.24) is 19.7 Å². The lowest BCUT2D eigenvalue weighted by Crippen LogP contribution is -2.53. The molecule has 2 fully saturated rings. The number of hydrogen-bond donors (Lipinski definition) is 0. The van der Waals surface area contributed by atoms with Gasteiger partial charge in [0.1, 0.15) is 0 Å². The number of likely N-dealkylation sites (N-methyl/N-ethyl adjacent to an activating group) is 1. The van der Waals surface area contributed by atoms with Gasteiger partial charge in [0, 0.05) is 32.0 Å². The normalized spacial score (nSPS) is 22.5. The second-order valence-electron chi connectivity index (χ2n) is 8.31. The van der Waals surface area contributed by atoms with Gasteiger partial charge in [0.05, 0.1) is 38.8 Å². The van der Waals surface area contributed by atoms with Gasteiger partial charge in [-0.2, -0.15) is 0 Å². The Morgan fingerprint density at radius 2 is 1.97 bits per heavy atom. The molecule has 3 rings (SSSR count). The molecule has 3 heterocycles. The standard InChI is InChI=1S/C23H34N4O5/c1-3-25-12-5-4-6-20(25)23(30)27-15-19(32-17-18-7-10-24-11-8-18)14-26(21(28)16-27)13-9-22(29)31-2/h7-8,10-11,19-20H,3-6,9,12-17H2,1-2H3/t19-,20-/m1/s1. The number of pyridine rings is 1. The molecule has 2 atom stereocenters. The summed E-state index contributed by atoms with van der Waals surface area (Å²) in [5.41, 5.74) is 0.971. The van der Waals surface area contributed by atoms with Gasteiger partial charge in [-0.25, -0.2) is 0 Å². The first-order valence-corrected chi connectivity index (χ1v) is 11.4. The molecule has 0 aliphatic carbocycles. The van der Waals surface area contributed by atoms with Gasteiger partial charge in [-0.1, -0.05) is 13.3 Å². The van der Waals surface area contributed by atoms with E-state index in [2.05, 4.69) is 16.8 Å². The third-order valence-electron chi connectivity index (χ3n) is 6.19. The lowest BCUT2D eigenvalue weighted by Gasteiger charge is -2.37. The van der Waals surface area contributed by atoms with E-state index in [0.29, 0.717) is 19.7 Å². The van der Waals surface area contributed by atoms with Crippen LogP contribution in [0.5, 0.6) is 0 Å². The highest BCUT2D eigenvalue weighted by molar-refractivity contribution is 5.88. The van der Waals surface area contributed by atoms with Crippen LogP contribution in [-0.4, -0.2) is 96.0 Å². The van der Waals surface area contributed by atoms with Crippen molar-refractivity contribution in [2.24, 2.45) is 0 Å². The van der Waals surface area contributed by atoms with Crippen LogP contribution < -0.4 is 0 Å². The molecule has 9 heteroatoms. The first-order chi connectivity index (χ1) is 15.5. The quantitative estimate of drug-likeness (QED) is 0.552. The number of esters is 1. The number of methoxy groups -OCH3 is 1. The Morgan fingerprint density at radius 1 is 1.19 bits per heavy atom. The van der Waals surface area contributed by atoms with E-state index in [0.717, 1.165) is 37.9 Å². The molecule has 0 aromatic carbocycles. The van der Waals surface area contributed by atoms with Crippen LogP contribution in [0, 0.1) is 0 Å². The zero-order valence-electron chi connectivity index (χ0n) is 19.1. The highest BCUT2D eigenvalue weighted by Crippen LogP contribution is 2.20. The van der Waals surface area contributed by atoms with Gasteiger partial charge < -0.3 is 19.3 Å². The number of carbonyl (C=O) groups is 3. The number of nitrogens with zero attached hydrogens (tertiary/aromatic N) is 4. The van der Waals surface area contributed by atoms with Crippen LogP contribution in [-0.2, 0) is 30.5 Å². The molecule has 0 radical (unpaired) electrons. The predicted molar refractivity (Wildman–Crippen MR) is 117 cm³/mol. The molecule has 0 bridgehead atoms. The Morgan fingerprint density at radius 3 is 2.69 bits per heavy atom. The van der Waals surface area contributed by atoms with Crippen LogP contribution in [0.2, 0.25) is 0 Å². The van der Waals surface area contributed by atoms with E-state index < -0.39 is 0 Å². The Balaban J connectivity index is 1.73. The van der Waals surface area contributed by atoms with Crippen LogP contribution in [0.4, 0.5) is 0 Å². The molecule has 2 aliphatic rings. The molecule has 0 spiro atoms. The predicted octanol–water partition coefficient (Wildman–Crippen LogP) is 1.08. The second kappa shape index (κ2) is 11.9. The van der Waals surface area contributed by atoms with Gasteiger partial charge in [-0.3, -0.25) is 24.3 Å². The molecular weight excluding hydrogens is 412 g/mol. The van der Waals surface area contributed by atoms with Crippen LogP contribution in [0.15, 0.2) is 24.5 Å². The van der Waals surface area contributed by atoms with Gasteiger partial charge in [0.2, 0.25) is 11.8 Å². The topological polar surface area (TPSA) is 92.3 Å². The molecule has 2 aliphatic heterocycles. The summed E-state index contributed by atoms with van der Waals surface area (Å²) in [6.07, 6.45) is 6.09. The van der Waals surface area contributed by atoms with E-state index in [4.69, 9.17) is 9.47 Å². The van der Waals surface area contributed by atoms with Gasteiger partial charge in [0.25, 0.3) is 0 Å². The molecule has 2 amide bonds. The van der Waals surface area contributed by atoms with Gasteiger partial charge in [-0.15, -0.1) is 0 Å². The molecule has 9 nitrogen and oxygen atoms in total. The number of likely N-dealkylation sites (tertiary alicyclic amines) is 1. The molecule has 0 N–H and O–H groups in total. The van der Waals surface area contributed by atoms with Gasteiger partial charge in [0.15, 0.2) is 0 Å². The van der Waals surface area contributed by atoms with E-state index in [-0.39, 0.29) is 49.4 Å². The first-order valence-electron chi connectivity index (χ1n) is 11.4. The zero-order valence-corrected chi connectivity index (χ0v) is 19.1. The van der Waals surface area contributed by atoms with Crippen molar-refractivity contribution in [2.45, 2.75) is 51.4 Å². The molecule has 1 aromatic heterocycles. The molecule has 1 aromatic rings. The van der Waals surface area contributed by atoms with E-state index in [1.54, 1.807) is 22.2 Å². The van der Waals surface area contributed by atoms with E-state index in [1.165, 1.54) is 7.11 Å². The number of rotatable bonds is 8. The molecule has 176 valence electrons. The summed E-state index contributed by atoms with van der Waals surface area (Å²) in [6, 6.07) is 3.56. The summed E-state index contributed by atoms with van der Waals surface area (Å²) >= 11 is 0. The second-order valence-corrected chi connectivity index (χ2v) is 8.31. The van der Waals surface area contributed by atoms with Crippen molar-refractivity contribution >= 4 is 17.8 Å². The highest BCUT2D eigenvalue weighted by atomic mass is 16.5. The van der Waals surface area contributed by atoms with Gasteiger partial charge >= 0.3 is 5.97 Å². The van der Waals surface area contributed by atoms with Crippen LogP contribution in [0.1, 0.15) is 38.2 Å². The number of hydrogen-bond acceptors (Lipinski definition) is 7. The minimum atomic E-state index is -0.370. The molecule has 0 saturated carbocycles. The molecular formula is C23H34N4O5. The van der Waals surface area contributed by atoms with Crippen molar-refractivity contribution in [3.05, 3.63) is 30.1 Å². The molecule has 0 unspecified atom stereocenters. The maximum atomic E-state index is 13.4. The summed E-state index contributed by atoms with van der Waals surface area (Å²) < 4.78 is 10.9. The third-order valence-corrected chi connectivity index (χ3v) is 6.19. The first kappa shape index (κ1) is 24.1. The van der Waals surface area contributed by atoms with Crippen LogP contribution >= 0.6 is 0 Å². The maximum Gasteiger partial charge on any atom is 0.307 e. The lowest BCUT2D eigenvalue weighted by atomic mass is 10.0. The van der Waals surface area contributed by atoms with E-state index in [9.17, 15) is 14.4 Å². The van der Waals surface area contributed by atoms with E-state index in [1.807, 2.05) is 12.1 Å². The average molecular weight is 447 g/mol. The number of aromatic nitrogens is 1. The van der Waals surface area contributed by atoms with Crippen molar-refractivity contribution in [2.75, 3.05) is 46.4 Å².